The lowest BCUT2D eigenvalue weighted by molar-refractivity contribution is 0.0924. The topological polar surface area (TPSA) is 68.5 Å². The van der Waals surface area contributed by atoms with Crippen LogP contribution in [0.3, 0.4) is 0 Å². The van der Waals surface area contributed by atoms with Gasteiger partial charge in [0.2, 0.25) is 0 Å². The Balaban J connectivity index is 1.59. The Bertz CT molecular complexity index is 1440. The fraction of sp³-hybridized carbons (Fsp3) is 0.192. The maximum atomic E-state index is 13.9. The van der Waals surface area contributed by atoms with Crippen molar-refractivity contribution in [1.82, 2.24) is 19.9 Å². The predicted octanol–water partition coefficient (Wildman–Crippen LogP) is 5.27. The Hall–Kier alpha value is -4.07. The molecule has 1 aliphatic rings. The zero-order valence-corrected chi connectivity index (χ0v) is 18.7. The first-order valence-electron chi connectivity index (χ1n) is 10.9. The highest BCUT2D eigenvalue weighted by Gasteiger charge is 2.26. The summed E-state index contributed by atoms with van der Waals surface area (Å²) in [5.74, 6) is -0.952. The summed E-state index contributed by atoms with van der Waals surface area (Å²) < 4.78 is 35.0. The molecule has 0 saturated heterocycles. The number of halogens is 2. The number of hydrogen-bond donors (Lipinski definition) is 1. The minimum atomic E-state index is -0.697. The van der Waals surface area contributed by atoms with Gasteiger partial charge in [0, 0.05) is 29.2 Å². The minimum absolute atomic E-state index is 0.209. The molecule has 4 aromatic rings. The fourth-order valence-electron chi connectivity index (χ4n) is 4.44. The van der Waals surface area contributed by atoms with E-state index in [4.69, 9.17) is 4.74 Å². The normalized spacial score (nSPS) is 15.0. The van der Waals surface area contributed by atoms with Crippen LogP contribution in [0, 0.1) is 18.6 Å². The van der Waals surface area contributed by atoms with Crippen molar-refractivity contribution in [3.8, 4) is 17.0 Å². The van der Waals surface area contributed by atoms with Gasteiger partial charge in [-0.05, 0) is 37.6 Å². The number of rotatable bonds is 4. The molecule has 0 saturated carbocycles. The lowest BCUT2D eigenvalue weighted by atomic mass is 9.99. The summed E-state index contributed by atoms with van der Waals surface area (Å²) in [6.07, 6.45) is 2.08. The number of amides is 1. The van der Waals surface area contributed by atoms with Crippen molar-refractivity contribution in [2.75, 3.05) is 6.61 Å². The van der Waals surface area contributed by atoms with Crippen molar-refractivity contribution in [3.05, 3.63) is 89.3 Å². The molecule has 34 heavy (non-hydrogen) atoms. The first-order valence-corrected chi connectivity index (χ1v) is 10.9. The minimum Gasteiger partial charge on any atom is -0.493 e. The summed E-state index contributed by atoms with van der Waals surface area (Å²) in [7, 11) is 0. The third-order valence-corrected chi connectivity index (χ3v) is 5.90. The molecule has 5 rings (SSSR count). The third-order valence-electron chi connectivity index (χ3n) is 5.90. The first kappa shape index (κ1) is 21.8. The Morgan fingerprint density at radius 3 is 2.68 bits per heavy atom. The van der Waals surface area contributed by atoms with Crippen molar-refractivity contribution < 1.29 is 18.3 Å². The summed E-state index contributed by atoms with van der Waals surface area (Å²) >= 11 is 0. The number of para-hydroxylation sites is 1. The van der Waals surface area contributed by atoms with E-state index in [2.05, 4.69) is 22.0 Å². The van der Waals surface area contributed by atoms with Crippen LogP contribution in [0.4, 0.5) is 8.78 Å². The van der Waals surface area contributed by atoms with Gasteiger partial charge in [-0.25, -0.2) is 18.3 Å². The Labute approximate surface area is 194 Å². The standard InChI is InChI=1S/C26H22F2N4O2/c1-14(2)23-20(26(33)31-21-8-9-34-22-7-5-4-6-19(21)22)13-29-32-24(15(3)30-25(23)32)16-10-17(27)12-18(28)11-16/h4-7,10-13,21H,1,8-9H2,2-3H3,(H,31,33)/t21-/m0/s1. The molecule has 1 amide bonds. The number of aromatic nitrogens is 3. The van der Waals surface area contributed by atoms with Crippen LogP contribution in [0.15, 0.2) is 55.2 Å². The van der Waals surface area contributed by atoms with Gasteiger partial charge in [0.15, 0.2) is 5.65 Å². The van der Waals surface area contributed by atoms with Crippen molar-refractivity contribution >= 4 is 17.1 Å². The second-order valence-electron chi connectivity index (χ2n) is 8.35. The largest absolute Gasteiger partial charge is 0.493 e. The summed E-state index contributed by atoms with van der Waals surface area (Å²) in [5.41, 5.74) is 4.05. The number of ether oxygens (including phenoxy) is 1. The molecule has 3 heterocycles. The van der Waals surface area contributed by atoms with Gasteiger partial charge >= 0.3 is 0 Å². The molecule has 1 N–H and O–H groups in total. The molecule has 6 nitrogen and oxygen atoms in total. The summed E-state index contributed by atoms with van der Waals surface area (Å²) in [6.45, 7) is 8.05. The van der Waals surface area contributed by atoms with E-state index in [-0.39, 0.29) is 11.9 Å². The number of benzene rings is 2. The van der Waals surface area contributed by atoms with Crippen molar-refractivity contribution in [1.29, 1.82) is 0 Å². The number of nitrogens with one attached hydrogen (secondary N) is 1. The van der Waals surface area contributed by atoms with Gasteiger partial charge in [-0.2, -0.15) is 5.10 Å². The molecule has 0 fully saturated rings. The van der Waals surface area contributed by atoms with Crippen LogP contribution in [0.2, 0.25) is 0 Å². The maximum absolute atomic E-state index is 13.9. The Morgan fingerprint density at radius 1 is 1.21 bits per heavy atom. The molecule has 0 aliphatic carbocycles. The van der Waals surface area contributed by atoms with Crippen LogP contribution in [-0.2, 0) is 0 Å². The third kappa shape index (κ3) is 3.71. The molecule has 0 unspecified atom stereocenters. The van der Waals surface area contributed by atoms with Crippen LogP contribution >= 0.6 is 0 Å². The fourth-order valence-corrected chi connectivity index (χ4v) is 4.44. The highest BCUT2D eigenvalue weighted by molar-refractivity contribution is 6.01. The van der Waals surface area contributed by atoms with E-state index in [0.717, 1.165) is 17.4 Å². The van der Waals surface area contributed by atoms with Crippen molar-refractivity contribution in [3.63, 3.8) is 0 Å². The van der Waals surface area contributed by atoms with Crippen LogP contribution in [0.5, 0.6) is 5.75 Å². The average molecular weight is 460 g/mol. The van der Waals surface area contributed by atoms with Gasteiger partial charge in [-0.3, -0.25) is 4.79 Å². The number of fused-ring (bicyclic) bond motifs is 2. The number of imidazole rings is 1. The van der Waals surface area contributed by atoms with E-state index >= 15 is 0 Å². The molecular formula is C26H22F2N4O2. The first-order chi connectivity index (χ1) is 16.3. The Morgan fingerprint density at radius 2 is 1.94 bits per heavy atom. The van der Waals surface area contributed by atoms with E-state index in [1.54, 1.807) is 13.8 Å². The molecule has 8 heteroatoms. The lowest BCUT2D eigenvalue weighted by Gasteiger charge is -2.27. The SMILES string of the molecule is C=C(C)c1c(C(=O)N[C@H]2CCOc3ccccc32)cnn2c(-c3cc(F)cc(F)c3)c(C)nc12. The highest BCUT2D eigenvalue weighted by Crippen LogP contribution is 2.33. The van der Waals surface area contributed by atoms with Crippen LogP contribution in [0.25, 0.3) is 22.5 Å². The highest BCUT2D eigenvalue weighted by atomic mass is 19.1. The smallest absolute Gasteiger partial charge is 0.254 e. The number of nitrogens with zero attached hydrogens (tertiary/aromatic N) is 3. The number of carbonyl (C=O) groups excluding carboxylic acids is 1. The number of allylic oxidation sites excluding steroid dienone is 1. The lowest BCUT2D eigenvalue weighted by Crippen LogP contribution is -2.33. The molecule has 1 atom stereocenters. The maximum Gasteiger partial charge on any atom is 0.254 e. The van der Waals surface area contributed by atoms with Gasteiger partial charge in [0.25, 0.3) is 5.91 Å². The van der Waals surface area contributed by atoms with E-state index in [9.17, 15) is 13.6 Å². The molecule has 0 bridgehead atoms. The predicted molar refractivity (Wildman–Crippen MR) is 125 cm³/mol. The molecule has 2 aromatic heterocycles. The average Bonchev–Trinajstić information content (AvgIpc) is 3.13. The molecule has 0 radical (unpaired) electrons. The Kier molecular flexibility index (Phi) is 5.36. The van der Waals surface area contributed by atoms with Gasteiger partial charge in [-0.1, -0.05) is 24.8 Å². The summed E-state index contributed by atoms with van der Waals surface area (Å²) in [5, 5.41) is 7.50. The second kappa shape index (κ2) is 8.37. The van der Waals surface area contributed by atoms with Gasteiger partial charge < -0.3 is 10.1 Å². The number of carbonyl (C=O) groups is 1. The van der Waals surface area contributed by atoms with Crippen LogP contribution < -0.4 is 10.1 Å². The second-order valence-corrected chi connectivity index (χ2v) is 8.35. The van der Waals surface area contributed by atoms with E-state index in [0.29, 0.717) is 52.3 Å². The monoisotopic (exact) mass is 460 g/mol. The molecule has 2 aromatic carbocycles. The van der Waals surface area contributed by atoms with E-state index in [1.165, 1.54) is 22.8 Å². The van der Waals surface area contributed by atoms with Gasteiger partial charge in [0.1, 0.15) is 17.4 Å². The van der Waals surface area contributed by atoms with Crippen LogP contribution in [-0.4, -0.2) is 27.1 Å². The summed E-state index contributed by atoms with van der Waals surface area (Å²) in [6, 6.07) is 10.7. The number of aryl methyl sites for hydroxylation is 1. The zero-order valence-electron chi connectivity index (χ0n) is 18.7. The van der Waals surface area contributed by atoms with Gasteiger partial charge in [0.05, 0.1) is 35.8 Å². The molecule has 1 aliphatic heterocycles. The van der Waals surface area contributed by atoms with Crippen molar-refractivity contribution in [2.45, 2.75) is 26.3 Å². The zero-order chi connectivity index (χ0) is 24.0. The molecule has 0 spiro atoms. The number of hydrogen-bond acceptors (Lipinski definition) is 4. The quantitative estimate of drug-likeness (QED) is 0.451. The summed E-state index contributed by atoms with van der Waals surface area (Å²) in [4.78, 5) is 18.0. The van der Waals surface area contributed by atoms with E-state index in [1.807, 2.05) is 24.3 Å². The van der Waals surface area contributed by atoms with Gasteiger partial charge in [-0.15, -0.1) is 0 Å². The van der Waals surface area contributed by atoms with Crippen LogP contribution in [0.1, 0.15) is 46.6 Å². The van der Waals surface area contributed by atoms with E-state index < -0.39 is 11.6 Å². The molecule has 172 valence electrons. The molecular weight excluding hydrogens is 438 g/mol. The van der Waals surface area contributed by atoms with Crippen molar-refractivity contribution in [2.24, 2.45) is 0 Å².